The van der Waals surface area contributed by atoms with E-state index in [1.807, 2.05) is 6.08 Å². The molecule has 0 aliphatic rings. The zero-order valence-electron chi connectivity index (χ0n) is 41.2. The second kappa shape index (κ2) is 51.7. The number of allylic oxidation sites excluding steroid dienone is 9. The topological polar surface area (TPSA) is 89.8 Å². The lowest BCUT2D eigenvalue weighted by molar-refractivity contribution is -0.124. The minimum Gasteiger partial charge on any atom is -0.394 e. The van der Waals surface area contributed by atoms with E-state index in [-0.39, 0.29) is 18.9 Å². The molecule has 362 valence electrons. The minimum atomic E-state index is -0.964. The molecule has 5 heteroatoms. The number of hydrogen-bond donors (Lipinski definition) is 4. The van der Waals surface area contributed by atoms with Crippen molar-refractivity contribution in [3.8, 4) is 0 Å². The van der Waals surface area contributed by atoms with Crippen molar-refractivity contribution in [2.45, 2.75) is 289 Å². The number of unbranched alkanes of at least 4 members (excludes halogenated alkanes) is 32. The van der Waals surface area contributed by atoms with Gasteiger partial charge in [0.05, 0.1) is 31.3 Å². The maximum absolute atomic E-state index is 12.5. The summed E-state index contributed by atoms with van der Waals surface area (Å²) >= 11 is 0. The molecule has 0 heterocycles. The molecule has 0 aromatic heterocycles. The lowest BCUT2D eigenvalue weighted by Gasteiger charge is -2.21. The highest BCUT2D eigenvalue weighted by atomic mass is 16.3. The molecule has 0 aliphatic heterocycles. The fourth-order valence-electron chi connectivity index (χ4n) is 8.11. The van der Waals surface area contributed by atoms with Crippen LogP contribution in [0.2, 0.25) is 0 Å². The standard InChI is InChI=1S/C57H105NO4/c1-3-5-7-9-11-13-15-17-19-21-23-25-27-28-29-30-32-34-36-38-40-42-44-46-48-50-54(60)52-57(62)58-55(53-59)56(61)51-49-47-45-43-41-39-37-35-33-31-26-24-22-20-18-16-14-12-10-8-6-4-2/h23,25,28-29,33,35,41,43,49,51,54-56,59-61H,3-22,24,26-27,30-32,34,36-40,42,44-48,50,52-53H2,1-2H3,(H,58,62)/b25-23-,29-28-,35-33+,43-41+,51-49+. The summed E-state index contributed by atoms with van der Waals surface area (Å²) in [7, 11) is 0. The Morgan fingerprint density at radius 3 is 1.13 bits per heavy atom. The maximum Gasteiger partial charge on any atom is 0.222 e. The normalized spacial score (nSPS) is 13.8. The summed E-state index contributed by atoms with van der Waals surface area (Å²) < 4.78 is 0. The van der Waals surface area contributed by atoms with E-state index in [1.165, 1.54) is 199 Å². The molecule has 0 bridgehead atoms. The Morgan fingerprint density at radius 1 is 0.419 bits per heavy atom. The fraction of sp³-hybridized carbons (Fsp3) is 0.807. The highest BCUT2D eigenvalue weighted by Crippen LogP contribution is 2.16. The number of nitrogens with one attached hydrogen (secondary N) is 1. The van der Waals surface area contributed by atoms with Gasteiger partial charge in [0.1, 0.15) is 0 Å². The van der Waals surface area contributed by atoms with Crippen molar-refractivity contribution in [1.29, 1.82) is 0 Å². The number of rotatable bonds is 49. The number of carbonyl (C=O) groups excluding carboxylic acids is 1. The third-order valence-electron chi connectivity index (χ3n) is 12.3. The Balaban J connectivity index is 3.68. The molecule has 3 unspecified atom stereocenters. The van der Waals surface area contributed by atoms with E-state index >= 15 is 0 Å². The van der Waals surface area contributed by atoms with Crippen molar-refractivity contribution >= 4 is 5.91 Å². The molecule has 3 atom stereocenters. The van der Waals surface area contributed by atoms with Gasteiger partial charge in [0.2, 0.25) is 5.91 Å². The number of hydrogen-bond acceptors (Lipinski definition) is 4. The van der Waals surface area contributed by atoms with E-state index in [9.17, 15) is 20.1 Å². The van der Waals surface area contributed by atoms with Crippen LogP contribution in [0.4, 0.5) is 0 Å². The van der Waals surface area contributed by atoms with Crippen LogP contribution >= 0.6 is 0 Å². The Bertz CT molecular complexity index is 1050. The van der Waals surface area contributed by atoms with E-state index in [1.54, 1.807) is 6.08 Å². The Labute approximate surface area is 386 Å². The lowest BCUT2D eigenvalue weighted by atomic mass is 10.0. The molecule has 0 fully saturated rings. The van der Waals surface area contributed by atoms with Gasteiger partial charge in [0.25, 0.3) is 0 Å². The number of aliphatic hydroxyl groups is 3. The molecule has 62 heavy (non-hydrogen) atoms. The van der Waals surface area contributed by atoms with Crippen LogP contribution in [0, 0.1) is 0 Å². The zero-order valence-corrected chi connectivity index (χ0v) is 41.2. The lowest BCUT2D eigenvalue weighted by Crippen LogP contribution is -2.45. The molecule has 0 spiro atoms. The molecule has 4 N–H and O–H groups in total. The first-order valence-electron chi connectivity index (χ1n) is 27.1. The largest absolute Gasteiger partial charge is 0.394 e. The quantitative estimate of drug-likeness (QED) is 0.0362. The maximum atomic E-state index is 12.5. The molecular formula is C57H105NO4. The van der Waals surface area contributed by atoms with Crippen LogP contribution in [0.3, 0.4) is 0 Å². The molecule has 0 saturated heterocycles. The van der Waals surface area contributed by atoms with Gasteiger partial charge in [0.15, 0.2) is 0 Å². The van der Waals surface area contributed by atoms with Crippen LogP contribution in [0.15, 0.2) is 60.8 Å². The van der Waals surface area contributed by atoms with Gasteiger partial charge in [-0.3, -0.25) is 4.79 Å². The van der Waals surface area contributed by atoms with Gasteiger partial charge in [0, 0.05) is 0 Å². The molecule has 0 saturated carbocycles. The van der Waals surface area contributed by atoms with Crippen LogP contribution in [0.25, 0.3) is 0 Å². The van der Waals surface area contributed by atoms with Gasteiger partial charge >= 0.3 is 0 Å². The zero-order chi connectivity index (χ0) is 45.1. The monoisotopic (exact) mass is 868 g/mol. The average Bonchev–Trinajstić information content (AvgIpc) is 3.27. The van der Waals surface area contributed by atoms with Gasteiger partial charge in [-0.2, -0.15) is 0 Å². The van der Waals surface area contributed by atoms with E-state index in [2.05, 4.69) is 67.8 Å². The second-order valence-corrected chi connectivity index (χ2v) is 18.5. The average molecular weight is 868 g/mol. The number of amides is 1. The minimum absolute atomic E-state index is 0.00237. The summed E-state index contributed by atoms with van der Waals surface area (Å²) in [6, 6.07) is -0.772. The van der Waals surface area contributed by atoms with E-state index < -0.39 is 18.2 Å². The van der Waals surface area contributed by atoms with Crippen LogP contribution in [0.1, 0.15) is 271 Å². The third-order valence-corrected chi connectivity index (χ3v) is 12.3. The van der Waals surface area contributed by atoms with Crippen molar-refractivity contribution in [3.05, 3.63) is 60.8 Å². The first kappa shape index (κ1) is 60.1. The molecular weight excluding hydrogens is 763 g/mol. The van der Waals surface area contributed by atoms with Crippen molar-refractivity contribution < 1.29 is 20.1 Å². The first-order valence-corrected chi connectivity index (χ1v) is 27.1. The molecule has 5 nitrogen and oxygen atoms in total. The molecule has 0 rings (SSSR count). The summed E-state index contributed by atoms with van der Waals surface area (Å²) in [6.07, 6.45) is 69.7. The molecule has 0 aliphatic carbocycles. The number of carbonyl (C=O) groups is 1. The van der Waals surface area contributed by atoms with Crippen molar-refractivity contribution in [1.82, 2.24) is 5.32 Å². The highest BCUT2D eigenvalue weighted by molar-refractivity contribution is 5.76. The van der Waals surface area contributed by atoms with Crippen LogP contribution < -0.4 is 5.32 Å². The summed E-state index contributed by atoms with van der Waals surface area (Å²) in [5.74, 6) is -0.331. The Kier molecular flexibility index (Phi) is 50.1. The Morgan fingerprint density at radius 2 is 0.742 bits per heavy atom. The number of aliphatic hydroxyl groups excluding tert-OH is 3. The van der Waals surface area contributed by atoms with E-state index in [0.29, 0.717) is 6.42 Å². The third kappa shape index (κ3) is 47.5. The van der Waals surface area contributed by atoms with E-state index in [4.69, 9.17) is 0 Å². The summed E-state index contributed by atoms with van der Waals surface area (Å²) in [5.41, 5.74) is 0. The highest BCUT2D eigenvalue weighted by Gasteiger charge is 2.20. The SMILES string of the molecule is CCCCCCCCCCC/C=C\C/C=C\CCCCCCCCCCCC(O)CC(=O)NC(CO)C(O)/C=C/CC/C=C/CC/C=C/CCCCCCCCCCCCCC. The summed E-state index contributed by atoms with van der Waals surface area (Å²) in [6.45, 7) is 4.21. The van der Waals surface area contributed by atoms with Crippen molar-refractivity contribution in [2.24, 2.45) is 0 Å². The van der Waals surface area contributed by atoms with Crippen molar-refractivity contribution in [2.75, 3.05) is 6.61 Å². The molecule has 0 aromatic carbocycles. The van der Waals surface area contributed by atoms with Crippen LogP contribution in [0.5, 0.6) is 0 Å². The first-order chi connectivity index (χ1) is 30.5. The summed E-state index contributed by atoms with van der Waals surface area (Å²) in [5, 5.41) is 33.4. The summed E-state index contributed by atoms with van der Waals surface area (Å²) in [4.78, 5) is 12.5. The van der Waals surface area contributed by atoms with Gasteiger partial charge in [-0.05, 0) is 77.0 Å². The fourth-order valence-corrected chi connectivity index (χ4v) is 8.11. The van der Waals surface area contributed by atoms with E-state index in [0.717, 1.165) is 44.9 Å². The smallest absolute Gasteiger partial charge is 0.222 e. The molecule has 1 amide bonds. The van der Waals surface area contributed by atoms with Crippen LogP contribution in [-0.2, 0) is 4.79 Å². The molecule has 0 aromatic rings. The van der Waals surface area contributed by atoms with Gasteiger partial charge in [-0.1, -0.05) is 248 Å². The predicted octanol–water partition coefficient (Wildman–Crippen LogP) is 16.6. The van der Waals surface area contributed by atoms with Gasteiger partial charge in [-0.15, -0.1) is 0 Å². The second-order valence-electron chi connectivity index (χ2n) is 18.5. The molecule has 0 radical (unpaired) electrons. The Hall–Kier alpha value is -1.95. The van der Waals surface area contributed by atoms with Crippen LogP contribution in [-0.4, -0.2) is 46.1 Å². The van der Waals surface area contributed by atoms with Gasteiger partial charge < -0.3 is 20.6 Å². The van der Waals surface area contributed by atoms with Crippen molar-refractivity contribution in [3.63, 3.8) is 0 Å². The van der Waals surface area contributed by atoms with Gasteiger partial charge in [-0.25, -0.2) is 0 Å². The predicted molar refractivity (Wildman–Crippen MR) is 273 cm³/mol.